The van der Waals surface area contributed by atoms with Gasteiger partial charge in [-0.3, -0.25) is 14.8 Å². The van der Waals surface area contributed by atoms with E-state index in [0.717, 1.165) is 24.8 Å². The number of carbonyl (C=O) groups excluding carboxylic acids is 1. The first-order valence-electron chi connectivity index (χ1n) is 10.8. The first-order chi connectivity index (χ1) is 15.2. The zero-order valence-corrected chi connectivity index (χ0v) is 17.6. The van der Waals surface area contributed by atoms with Gasteiger partial charge in [0, 0.05) is 37.2 Å². The van der Waals surface area contributed by atoms with Gasteiger partial charge in [0.2, 0.25) is 0 Å². The highest BCUT2D eigenvalue weighted by Gasteiger charge is 2.37. The summed E-state index contributed by atoms with van der Waals surface area (Å²) in [4.78, 5) is 23.7. The molecule has 1 fully saturated rings. The predicted molar refractivity (Wildman–Crippen MR) is 121 cm³/mol. The first kappa shape index (κ1) is 20.7. The Kier molecular flexibility index (Phi) is 6.37. The molecule has 0 atom stereocenters. The number of amides is 1. The molecule has 4 rings (SSSR count). The lowest BCUT2D eigenvalue weighted by Gasteiger charge is -2.38. The van der Waals surface area contributed by atoms with E-state index in [4.69, 9.17) is 0 Å². The zero-order chi connectivity index (χ0) is 21.5. The third kappa shape index (κ3) is 4.80. The molecule has 1 amide bonds. The largest absolute Gasteiger partial charge is 0.338 e. The Morgan fingerprint density at radius 2 is 1.90 bits per heavy atom. The number of carbonyl (C=O) groups is 1. The van der Waals surface area contributed by atoms with Crippen LogP contribution in [0.3, 0.4) is 0 Å². The second-order valence-electron chi connectivity index (χ2n) is 8.14. The lowest BCUT2D eigenvalue weighted by molar-refractivity contribution is 0.0648. The van der Waals surface area contributed by atoms with Crippen LogP contribution in [0.15, 0.2) is 78.8 Å². The van der Waals surface area contributed by atoms with E-state index in [1.54, 1.807) is 24.7 Å². The fourth-order valence-electron chi connectivity index (χ4n) is 4.26. The Hall–Kier alpha value is -3.52. The number of nitriles is 1. The zero-order valence-electron chi connectivity index (χ0n) is 17.6. The molecule has 0 spiro atoms. The Balaban J connectivity index is 1.48. The minimum atomic E-state index is -0.418. The number of allylic oxidation sites excluding steroid dienone is 6. The van der Waals surface area contributed by atoms with Gasteiger partial charge in [-0.15, -0.1) is 0 Å². The number of rotatable bonds is 4. The Bertz CT molecular complexity index is 1050. The number of hydrogen-bond donors (Lipinski definition) is 0. The summed E-state index contributed by atoms with van der Waals surface area (Å²) in [6, 6.07) is 9.94. The summed E-state index contributed by atoms with van der Waals surface area (Å²) >= 11 is 0. The van der Waals surface area contributed by atoms with Crippen molar-refractivity contribution in [3.05, 3.63) is 84.4 Å². The van der Waals surface area contributed by atoms with E-state index >= 15 is 0 Å². The van der Waals surface area contributed by atoms with Crippen LogP contribution in [0, 0.1) is 16.7 Å². The van der Waals surface area contributed by atoms with Gasteiger partial charge in [0.1, 0.15) is 0 Å². The SMILES string of the molecule is N#CC1(CC2=C/CC\C=C/C=C\2)CCN(C(=O)c2cccnc2-c2ccncc2)CC1. The molecule has 2 aromatic heterocycles. The average Bonchev–Trinajstić information content (AvgIpc) is 2.81. The van der Waals surface area contributed by atoms with E-state index in [1.165, 1.54) is 5.57 Å². The molecule has 31 heavy (non-hydrogen) atoms. The highest BCUT2D eigenvalue weighted by atomic mass is 16.2. The van der Waals surface area contributed by atoms with Crippen LogP contribution in [0.25, 0.3) is 11.3 Å². The molecule has 1 aliphatic heterocycles. The van der Waals surface area contributed by atoms with Gasteiger partial charge in [0.05, 0.1) is 22.7 Å². The van der Waals surface area contributed by atoms with Gasteiger partial charge in [-0.2, -0.15) is 5.26 Å². The maximum absolute atomic E-state index is 13.3. The number of likely N-dealkylation sites (tertiary alicyclic amines) is 1. The van der Waals surface area contributed by atoms with Crippen LogP contribution in [0.2, 0.25) is 0 Å². The van der Waals surface area contributed by atoms with Crippen LogP contribution in [-0.4, -0.2) is 33.9 Å². The van der Waals surface area contributed by atoms with Crippen LogP contribution in [0.5, 0.6) is 0 Å². The maximum atomic E-state index is 13.3. The summed E-state index contributed by atoms with van der Waals surface area (Å²) in [7, 11) is 0. The molecule has 0 bridgehead atoms. The number of piperidine rings is 1. The van der Waals surface area contributed by atoms with Crippen molar-refractivity contribution in [2.75, 3.05) is 13.1 Å². The van der Waals surface area contributed by atoms with Crippen molar-refractivity contribution in [3.8, 4) is 17.3 Å². The lowest BCUT2D eigenvalue weighted by Crippen LogP contribution is -2.43. The minimum Gasteiger partial charge on any atom is -0.338 e. The number of aromatic nitrogens is 2. The number of nitrogens with zero attached hydrogens (tertiary/aromatic N) is 4. The molecule has 0 aromatic carbocycles. The van der Waals surface area contributed by atoms with E-state index in [2.05, 4.69) is 46.4 Å². The van der Waals surface area contributed by atoms with Gasteiger partial charge < -0.3 is 4.90 Å². The molecule has 156 valence electrons. The smallest absolute Gasteiger partial charge is 0.256 e. The van der Waals surface area contributed by atoms with Crippen molar-refractivity contribution in [3.63, 3.8) is 0 Å². The molecule has 0 radical (unpaired) electrons. The first-order valence-corrected chi connectivity index (χ1v) is 10.8. The van der Waals surface area contributed by atoms with Gasteiger partial charge in [-0.25, -0.2) is 0 Å². The summed E-state index contributed by atoms with van der Waals surface area (Å²) in [5.74, 6) is -0.0262. The van der Waals surface area contributed by atoms with Crippen molar-refractivity contribution < 1.29 is 4.79 Å². The van der Waals surface area contributed by atoms with Crippen molar-refractivity contribution in [2.24, 2.45) is 5.41 Å². The maximum Gasteiger partial charge on any atom is 0.256 e. The molecule has 2 aromatic rings. The summed E-state index contributed by atoms with van der Waals surface area (Å²) in [5, 5.41) is 10.00. The Morgan fingerprint density at radius 1 is 1.10 bits per heavy atom. The lowest BCUT2D eigenvalue weighted by atomic mass is 9.74. The van der Waals surface area contributed by atoms with Gasteiger partial charge in [0.15, 0.2) is 0 Å². The van der Waals surface area contributed by atoms with Crippen molar-refractivity contribution in [2.45, 2.75) is 32.1 Å². The fourth-order valence-corrected chi connectivity index (χ4v) is 4.26. The van der Waals surface area contributed by atoms with E-state index < -0.39 is 5.41 Å². The third-order valence-corrected chi connectivity index (χ3v) is 6.08. The van der Waals surface area contributed by atoms with Gasteiger partial charge >= 0.3 is 0 Å². The highest BCUT2D eigenvalue weighted by Crippen LogP contribution is 2.38. The van der Waals surface area contributed by atoms with Gasteiger partial charge in [-0.1, -0.05) is 36.0 Å². The molecule has 5 heteroatoms. The van der Waals surface area contributed by atoms with Gasteiger partial charge in [-0.05, 0) is 56.4 Å². The quantitative estimate of drug-likeness (QED) is 0.702. The molecule has 0 unspecified atom stereocenters. The molecule has 5 nitrogen and oxygen atoms in total. The number of hydrogen-bond acceptors (Lipinski definition) is 4. The summed E-state index contributed by atoms with van der Waals surface area (Å²) in [6.45, 7) is 1.15. The molecule has 1 aliphatic carbocycles. The van der Waals surface area contributed by atoms with E-state index in [-0.39, 0.29) is 5.91 Å². The Morgan fingerprint density at radius 3 is 2.68 bits per heavy atom. The molecular formula is C26H26N4O. The van der Waals surface area contributed by atoms with Crippen LogP contribution < -0.4 is 0 Å². The Labute approximate surface area is 183 Å². The average molecular weight is 411 g/mol. The van der Waals surface area contributed by atoms with Crippen LogP contribution in [0.1, 0.15) is 42.5 Å². The molecular weight excluding hydrogens is 384 g/mol. The normalized spacial score (nSPS) is 21.6. The van der Waals surface area contributed by atoms with Crippen LogP contribution in [-0.2, 0) is 0 Å². The monoisotopic (exact) mass is 410 g/mol. The molecule has 3 heterocycles. The van der Waals surface area contributed by atoms with Crippen molar-refractivity contribution in [1.82, 2.24) is 14.9 Å². The standard InChI is InChI=1S/C26H26N4O/c27-20-26(19-21-7-4-2-1-3-5-8-21)12-17-30(18-13-26)25(31)23-9-6-14-29-24(23)22-10-15-28-16-11-22/h1-2,4,6-11,14-16H,3,5,12-13,17-19H2/b2-1-,7-4-,21-8+. The van der Waals surface area contributed by atoms with Crippen molar-refractivity contribution in [1.29, 1.82) is 5.26 Å². The molecule has 1 saturated heterocycles. The molecule has 2 aliphatic rings. The van der Waals surface area contributed by atoms with E-state index in [0.29, 0.717) is 37.2 Å². The summed E-state index contributed by atoms with van der Waals surface area (Å²) < 4.78 is 0. The minimum absolute atomic E-state index is 0.0262. The predicted octanol–water partition coefficient (Wildman–Crippen LogP) is 5.11. The van der Waals surface area contributed by atoms with Crippen LogP contribution >= 0.6 is 0 Å². The van der Waals surface area contributed by atoms with Crippen LogP contribution in [0.4, 0.5) is 0 Å². The fraction of sp³-hybridized carbons (Fsp3) is 0.308. The van der Waals surface area contributed by atoms with Crippen molar-refractivity contribution >= 4 is 5.91 Å². The van der Waals surface area contributed by atoms with E-state index in [9.17, 15) is 10.1 Å². The topological polar surface area (TPSA) is 69.9 Å². The summed E-state index contributed by atoms with van der Waals surface area (Å²) in [6.07, 6.45) is 19.9. The highest BCUT2D eigenvalue weighted by molar-refractivity contribution is 5.99. The molecule has 0 saturated carbocycles. The third-order valence-electron chi connectivity index (χ3n) is 6.08. The van der Waals surface area contributed by atoms with Gasteiger partial charge in [0.25, 0.3) is 5.91 Å². The molecule has 0 N–H and O–H groups in total. The number of pyridine rings is 2. The van der Waals surface area contributed by atoms with E-state index in [1.807, 2.05) is 23.1 Å². The second kappa shape index (κ2) is 9.53. The summed E-state index contributed by atoms with van der Waals surface area (Å²) in [5.41, 5.74) is 2.94. The second-order valence-corrected chi connectivity index (χ2v) is 8.14.